The summed E-state index contributed by atoms with van der Waals surface area (Å²) in [7, 11) is 0. The Hall–Kier alpha value is -4.30. The molecule has 0 amide bonds. The van der Waals surface area contributed by atoms with Crippen molar-refractivity contribution in [3.05, 3.63) is 132 Å². The van der Waals surface area contributed by atoms with Gasteiger partial charge in [0.1, 0.15) is 0 Å². The summed E-state index contributed by atoms with van der Waals surface area (Å²) in [5, 5.41) is 4.85. The van der Waals surface area contributed by atoms with Gasteiger partial charge >= 0.3 is 0 Å². The molecular weight excluding hydrogens is 569 g/mol. The Bertz CT molecular complexity index is 1970. The van der Waals surface area contributed by atoms with Gasteiger partial charge in [-0.3, -0.25) is 9.97 Å². The number of nitrogens with zero attached hydrogens (tertiary/aromatic N) is 2. The number of pyridine rings is 2. The number of aryl methyl sites for hydroxylation is 1. The second-order valence-corrected chi connectivity index (χ2v) is 14.8. The average molecular weight is 617 g/mol. The molecule has 0 radical (unpaired) electrons. The minimum Gasteiger partial charge on any atom is -0.251 e. The fourth-order valence-electron chi connectivity index (χ4n) is 7.78. The van der Waals surface area contributed by atoms with Crippen molar-refractivity contribution in [2.24, 2.45) is 5.41 Å². The molecule has 0 unspecified atom stereocenters. The molecule has 47 heavy (non-hydrogen) atoms. The molecule has 2 nitrogen and oxygen atoms in total. The van der Waals surface area contributed by atoms with Gasteiger partial charge in [-0.25, -0.2) is 0 Å². The maximum Gasteiger partial charge on any atom is 0.0784 e. The van der Waals surface area contributed by atoms with Gasteiger partial charge in [0.15, 0.2) is 0 Å². The van der Waals surface area contributed by atoms with Gasteiger partial charge in [-0.2, -0.15) is 0 Å². The Morgan fingerprint density at radius 1 is 0.574 bits per heavy atom. The lowest BCUT2D eigenvalue weighted by Crippen LogP contribution is -2.23. The minimum atomic E-state index is -0.419. The molecule has 1 aliphatic carbocycles. The number of hydrogen-bond donors (Lipinski definition) is 0. The summed E-state index contributed by atoms with van der Waals surface area (Å²) < 4.78 is 0. The van der Waals surface area contributed by atoms with Crippen molar-refractivity contribution in [1.82, 2.24) is 9.97 Å². The van der Waals surface area contributed by atoms with Crippen LogP contribution in [0.2, 0.25) is 0 Å². The Morgan fingerprint density at radius 2 is 1.13 bits per heavy atom. The van der Waals surface area contributed by atoms with E-state index in [2.05, 4.69) is 136 Å². The molecule has 0 spiro atoms. The van der Waals surface area contributed by atoms with Gasteiger partial charge in [0, 0.05) is 27.3 Å². The van der Waals surface area contributed by atoms with E-state index in [-0.39, 0.29) is 0 Å². The molecule has 0 N–H and O–H groups in total. The smallest absolute Gasteiger partial charge is 0.0784 e. The summed E-state index contributed by atoms with van der Waals surface area (Å²) in [5.41, 5.74) is 8.05. The summed E-state index contributed by atoms with van der Waals surface area (Å²) in [6.45, 7) is 7.07. The van der Waals surface area contributed by atoms with Gasteiger partial charge < -0.3 is 0 Å². The summed E-state index contributed by atoms with van der Waals surface area (Å²) >= 11 is 0. The molecule has 1 aliphatic rings. The quantitative estimate of drug-likeness (QED) is 0.135. The number of aromatic nitrogens is 2. The van der Waals surface area contributed by atoms with Crippen LogP contribution in [0, 0.1) is 5.41 Å². The highest BCUT2D eigenvalue weighted by Gasteiger charge is 2.30. The first-order valence-electron chi connectivity index (χ1n) is 17.9. The van der Waals surface area contributed by atoms with Crippen molar-refractivity contribution in [3.8, 4) is 22.5 Å². The molecule has 0 bridgehead atoms. The van der Waals surface area contributed by atoms with E-state index in [4.69, 9.17) is 9.97 Å². The van der Waals surface area contributed by atoms with Crippen molar-refractivity contribution < 1.29 is 0 Å². The summed E-state index contributed by atoms with van der Waals surface area (Å²) in [4.78, 5) is 10.8. The first kappa shape index (κ1) is 31.3. The molecular formula is C45H48N2. The van der Waals surface area contributed by atoms with Crippen LogP contribution in [0.4, 0.5) is 0 Å². The van der Waals surface area contributed by atoms with Crippen LogP contribution in [-0.2, 0) is 11.8 Å². The summed E-state index contributed by atoms with van der Waals surface area (Å²) in [6, 6.07) is 41.5. The minimum absolute atomic E-state index is 0.419. The predicted molar refractivity (Wildman–Crippen MR) is 200 cm³/mol. The van der Waals surface area contributed by atoms with Crippen LogP contribution < -0.4 is 0 Å². The molecule has 0 saturated heterocycles. The maximum absolute atomic E-state index is 5.43. The number of hydrogen-bond acceptors (Lipinski definition) is 2. The topological polar surface area (TPSA) is 25.8 Å². The third kappa shape index (κ3) is 6.75. The van der Waals surface area contributed by atoms with Crippen molar-refractivity contribution in [1.29, 1.82) is 0 Å². The first-order chi connectivity index (χ1) is 22.9. The summed E-state index contributed by atoms with van der Waals surface area (Å²) in [6.07, 6.45) is 13.6. The largest absolute Gasteiger partial charge is 0.251 e. The van der Waals surface area contributed by atoms with E-state index >= 15 is 0 Å². The number of fused-ring (bicyclic) bond motifs is 2. The third-order valence-corrected chi connectivity index (χ3v) is 10.8. The number of benzene rings is 4. The van der Waals surface area contributed by atoms with Gasteiger partial charge in [0.25, 0.3) is 0 Å². The molecule has 238 valence electrons. The van der Waals surface area contributed by atoms with E-state index in [1.165, 1.54) is 84.9 Å². The van der Waals surface area contributed by atoms with Crippen LogP contribution in [0.5, 0.6) is 0 Å². The maximum atomic E-state index is 5.43. The molecule has 2 heteroatoms. The van der Waals surface area contributed by atoms with Crippen molar-refractivity contribution in [3.63, 3.8) is 0 Å². The standard InChI is InChI=1S/C45H48N2/c1-44(2,40-31-36-23-13-14-24-38(36)42(46-40)34-19-9-6-10-20-34)41-32-37-30-33(18-8-4-5-15-27-45(3)28-16-17-29-45)25-26-39(37)43(47-41)35-21-11-7-12-22-35/h6-7,9-14,19-26,30-32H,4-5,8,15-18,27-29H2,1-3H3. The molecule has 2 aromatic heterocycles. The Morgan fingerprint density at radius 3 is 1.79 bits per heavy atom. The van der Waals surface area contributed by atoms with Crippen LogP contribution in [0.15, 0.2) is 115 Å². The Labute approximate surface area is 281 Å². The van der Waals surface area contributed by atoms with Crippen LogP contribution in [0.1, 0.15) is 95.5 Å². The Kier molecular flexibility index (Phi) is 8.95. The third-order valence-electron chi connectivity index (χ3n) is 10.8. The highest BCUT2D eigenvalue weighted by atomic mass is 14.8. The van der Waals surface area contributed by atoms with E-state index in [9.17, 15) is 0 Å². The zero-order valence-electron chi connectivity index (χ0n) is 28.4. The van der Waals surface area contributed by atoms with E-state index in [0.717, 1.165) is 40.3 Å². The SMILES string of the molecule is CC1(CCCCCCc2ccc3c(-c4ccccc4)nc(C(C)(C)c4cc5ccccc5c(-c5ccccc5)n4)cc3c2)CCCC1. The highest BCUT2D eigenvalue weighted by molar-refractivity contribution is 5.96. The van der Waals surface area contributed by atoms with Gasteiger partial charge in [-0.15, -0.1) is 0 Å². The van der Waals surface area contributed by atoms with E-state index < -0.39 is 5.41 Å². The average Bonchev–Trinajstić information content (AvgIpc) is 3.55. The molecule has 1 saturated carbocycles. The normalized spacial score (nSPS) is 14.6. The number of unbranched alkanes of at least 4 members (excludes halogenated alkanes) is 3. The fourth-order valence-corrected chi connectivity index (χ4v) is 7.78. The highest BCUT2D eigenvalue weighted by Crippen LogP contribution is 2.42. The van der Waals surface area contributed by atoms with E-state index in [1.54, 1.807) is 0 Å². The van der Waals surface area contributed by atoms with Crippen LogP contribution in [0.3, 0.4) is 0 Å². The van der Waals surface area contributed by atoms with Crippen molar-refractivity contribution in [2.75, 3.05) is 0 Å². The van der Waals surface area contributed by atoms with Gasteiger partial charge in [-0.1, -0.05) is 142 Å². The first-order valence-corrected chi connectivity index (χ1v) is 17.9. The van der Waals surface area contributed by atoms with Gasteiger partial charge in [-0.05, 0) is 79.8 Å². The molecule has 0 aliphatic heterocycles. The lowest BCUT2D eigenvalue weighted by Gasteiger charge is -2.26. The van der Waals surface area contributed by atoms with Crippen molar-refractivity contribution >= 4 is 21.5 Å². The fraction of sp³-hybridized carbons (Fsp3) is 0.333. The van der Waals surface area contributed by atoms with Gasteiger partial charge in [0.05, 0.1) is 22.8 Å². The zero-order valence-corrected chi connectivity index (χ0v) is 28.4. The summed E-state index contributed by atoms with van der Waals surface area (Å²) in [5.74, 6) is 0. The predicted octanol–water partition coefficient (Wildman–Crippen LogP) is 12.5. The molecule has 4 aromatic carbocycles. The monoisotopic (exact) mass is 616 g/mol. The molecule has 0 atom stereocenters. The number of rotatable bonds is 11. The van der Waals surface area contributed by atoms with Crippen LogP contribution >= 0.6 is 0 Å². The lowest BCUT2D eigenvalue weighted by atomic mass is 9.82. The molecule has 7 rings (SSSR count). The Balaban J connectivity index is 1.21. The van der Waals surface area contributed by atoms with Gasteiger partial charge in [0.2, 0.25) is 0 Å². The lowest BCUT2D eigenvalue weighted by molar-refractivity contribution is 0.294. The van der Waals surface area contributed by atoms with Crippen LogP contribution in [0.25, 0.3) is 44.1 Å². The molecule has 6 aromatic rings. The molecule has 2 heterocycles. The van der Waals surface area contributed by atoms with Crippen LogP contribution in [-0.4, -0.2) is 9.97 Å². The second-order valence-electron chi connectivity index (χ2n) is 14.8. The van der Waals surface area contributed by atoms with E-state index in [1.807, 2.05) is 0 Å². The van der Waals surface area contributed by atoms with Crippen molar-refractivity contribution in [2.45, 2.75) is 90.4 Å². The second kappa shape index (κ2) is 13.4. The van der Waals surface area contributed by atoms with E-state index in [0.29, 0.717) is 5.41 Å². The zero-order chi connectivity index (χ0) is 32.3. The molecule has 1 fully saturated rings.